The Hall–Kier alpha value is -3.86. The van der Waals surface area contributed by atoms with Gasteiger partial charge in [-0.1, -0.05) is 54.6 Å². The number of ether oxygens (including phenoxy) is 1. The minimum Gasteiger partial charge on any atom is -0.484 e. The second-order valence-electron chi connectivity index (χ2n) is 8.39. The van der Waals surface area contributed by atoms with Gasteiger partial charge in [-0.05, 0) is 55.0 Å². The predicted octanol–water partition coefficient (Wildman–Crippen LogP) is 5.34. The van der Waals surface area contributed by atoms with Crippen LogP contribution < -0.4 is 15.5 Å². The standard InChI is InChI=1S/C28H25NO4/c1-18-27(20-9-3-2-4-10-20)28(31)23-15-14-21(16-25(23)33-18)32-17-26(30)29-24-13-7-11-19-8-5-6-12-22(19)24/h2-6,8-10,12,14-16,24H,7,11,13,17H2,1H3,(H,29,30)/t24-/m1/s1. The summed E-state index contributed by atoms with van der Waals surface area (Å²) >= 11 is 0. The number of rotatable bonds is 5. The lowest BCUT2D eigenvalue weighted by atomic mass is 9.88. The molecule has 0 fully saturated rings. The zero-order valence-electron chi connectivity index (χ0n) is 18.5. The van der Waals surface area contributed by atoms with Crippen LogP contribution in [0, 0.1) is 6.92 Å². The molecule has 0 unspecified atom stereocenters. The normalized spacial score (nSPS) is 15.1. The summed E-state index contributed by atoms with van der Waals surface area (Å²) < 4.78 is 11.7. The molecule has 33 heavy (non-hydrogen) atoms. The Kier molecular flexibility index (Phi) is 5.69. The van der Waals surface area contributed by atoms with Crippen LogP contribution in [0.15, 0.2) is 82.0 Å². The Balaban J connectivity index is 1.31. The van der Waals surface area contributed by atoms with E-state index < -0.39 is 0 Å². The van der Waals surface area contributed by atoms with E-state index in [0.29, 0.717) is 28.0 Å². The van der Waals surface area contributed by atoms with Crippen molar-refractivity contribution < 1.29 is 13.9 Å². The van der Waals surface area contributed by atoms with Crippen molar-refractivity contribution in [1.29, 1.82) is 0 Å². The summed E-state index contributed by atoms with van der Waals surface area (Å²) in [5.41, 5.74) is 4.23. The fraction of sp³-hybridized carbons (Fsp3) is 0.214. The number of carbonyl (C=O) groups excluding carboxylic acids is 1. The molecule has 0 saturated heterocycles. The quantitative estimate of drug-likeness (QED) is 0.456. The van der Waals surface area contributed by atoms with Crippen LogP contribution in [0.4, 0.5) is 0 Å². The molecule has 0 saturated carbocycles. The van der Waals surface area contributed by atoms with Crippen molar-refractivity contribution in [2.75, 3.05) is 6.61 Å². The average Bonchev–Trinajstić information content (AvgIpc) is 2.83. The van der Waals surface area contributed by atoms with Crippen molar-refractivity contribution in [1.82, 2.24) is 5.32 Å². The number of hydrogen-bond donors (Lipinski definition) is 1. The molecule has 0 spiro atoms. The van der Waals surface area contributed by atoms with Crippen LogP contribution in [0.25, 0.3) is 22.1 Å². The maximum Gasteiger partial charge on any atom is 0.258 e. The van der Waals surface area contributed by atoms with E-state index in [1.165, 1.54) is 11.1 Å². The molecule has 166 valence electrons. The van der Waals surface area contributed by atoms with Gasteiger partial charge in [0.05, 0.1) is 17.0 Å². The highest BCUT2D eigenvalue weighted by molar-refractivity contribution is 5.84. The molecule has 3 aromatic carbocycles. The molecule has 5 nitrogen and oxygen atoms in total. The van der Waals surface area contributed by atoms with Gasteiger partial charge in [0, 0.05) is 6.07 Å². The molecule has 0 aliphatic heterocycles. The molecule has 0 radical (unpaired) electrons. The van der Waals surface area contributed by atoms with Gasteiger partial charge in [-0.25, -0.2) is 0 Å². The van der Waals surface area contributed by atoms with E-state index in [1.807, 2.05) is 42.5 Å². The number of carbonyl (C=O) groups is 1. The van der Waals surface area contributed by atoms with Gasteiger partial charge in [0.15, 0.2) is 6.61 Å². The molecule has 4 aromatic rings. The summed E-state index contributed by atoms with van der Waals surface area (Å²) in [6.45, 7) is 1.68. The summed E-state index contributed by atoms with van der Waals surface area (Å²) in [4.78, 5) is 25.6. The van der Waals surface area contributed by atoms with Crippen LogP contribution in [0.1, 0.15) is 35.8 Å². The summed E-state index contributed by atoms with van der Waals surface area (Å²) in [7, 11) is 0. The van der Waals surface area contributed by atoms with Gasteiger partial charge in [0.25, 0.3) is 5.91 Å². The van der Waals surface area contributed by atoms with E-state index >= 15 is 0 Å². The lowest BCUT2D eigenvalue weighted by molar-refractivity contribution is -0.123. The van der Waals surface area contributed by atoms with Gasteiger partial charge in [-0.2, -0.15) is 0 Å². The molecule has 1 aromatic heterocycles. The van der Waals surface area contributed by atoms with Gasteiger partial charge in [0.2, 0.25) is 5.43 Å². The molecule has 1 amide bonds. The molecule has 1 aliphatic rings. The van der Waals surface area contributed by atoms with Gasteiger partial charge in [-0.15, -0.1) is 0 Å². The van der Waals surface area contributed by atoms with E-state index in [4.69, 9.17) is 9.15 Å². The Bertz CT molecular complexity index is 1370. The lowest BCUT2D eigenvalue weighted by Gasteiger charge is -2.26. The minimum atomic E-state index is -0.172. The third-order valence-electron chi connectivity index (χ3n) is 6.18. The maximum absolute atomic E-state index is 13.1. The highest BCUT2D eigenvalue weighted by Gasteiger charge is 2.21. The fourth-order valence-corrected chi connectivity index (χ4v) is 4.60. The summed E-state index contributed by atoms with van der Waals surface area (Å²) in [6, 6.07) is 22.8. The first-order chi connectivity index (χ1) is 16.1. The molecule has 1 heterocycles. The predicted molar refractivity (Wildman–Crippen MR) is 128 cm³/mol. The summed E-state index contributed by atoms with van der Waals surface area (Å²) in [5.74, 6) is 0.857. The van der Waals surface area contributed by atoms with Crippen molar-refractivity contribution >= 4 is 16.9 Å². The van der Waals surface area contributed by atoms with Gasteiger partial charge in [0.1, 0.15) is 17.1 Å². The first-order valence-electron chi connectivity index (χ1n) is 11.2. The van der Waals surface area contributed by atoms with E-state index in [1.54, 1.807) is 25.1 Å². The molecule has 1 N–H and O–H groups in total. The Morgan fingerprint density at radius 1 is 1.06 bits per heavy atom. The molecule has 1 atom stereocenters. The number of nitrogens with one attached hydrogen (secondary N) is 1. The fourth-order valence-electron chi connectivity index (χ4n) is 4.60. The van der Waals surface area contributed by atoms with Crippen molar-refractivity contribution in [2.45, 2.75) is 32.2 Å². The zero-order chi connectivity index (χ0) is 22.8. The van der Waals surface area contributed by atoms with Gasteiger partial charge in [-0.3, -0.25) is 9.59 Å². The van der Waals surface area contributed by atoms with E-state index in [-0.39, 0.29) is 24.0 Å². The molecule has 1 aliphatic carbocycles. The van der Waals surface area contributed by atoms with Crippen LogP contribution >= 0.6 is 0 Å². The lowest BCUT2D eigenvalue weighted by Crippen LogP contribution is -2.34. The Labute approximate surface area is 192 Å². The van der Waals surface area contributed by atoms with Gasteiger partial charge >= 0.3 is 0 Å². The van der Waals surface area contributed by atoms with Crippen LogP contribution in [-0.2, 0) is 11.2 Å². The highest BCUT2D eigenvalue weighted by Crippen LogP contribution is 2.29. The second kappa shape index (κ2) is 8.94. The van der Waals surface area contributed by atoms with E-state index in [0.717, 1.165) is 24.8 Å². The molecule has 0 bridgehead atoms. The highest BCUT2D eigenvalue weighted by atomic mass is 16.5. The van der Waals surface area contributed by atoms with Crippen LogP contribution in [0.2, 0.25) is 0 Å². The second-order valence-corrected chi connectivity index (χ2v) is 8.39. The maximum atomic E-state index is 13.1. The van der Waals surface area contributed by atoms with E-state index in [9.17, 15) is 9.59 Å². The summed E-state index contributed by atoms with van der Waals surface area (Å²) in [5, 5.41) is 3.57. The first-order valence-corrected chi connectivity index (χ1v) is 11.2. The third-order valence-corrected chi connectivity index (χ3v) is 6.18. The Morgan fingerprint density at radius 2 is 1.85 bits per heavy atom. The number of benzene rings is 3. The van der Waals surface area contributed by atoms with Crippen molar-refractivity contribution in [3.63, 3.8) is 0 Å². The average molecular weight is 440 g/mol. The largest absolute Gasteiger partial charge is 0.484 e. The molecular formula is C28H25NO4. The molecule has 5 rings (SSSR count). The SMILES string of the molecule is Cc1oc2cc(OCC(=O)N[C@@H]3CCCc4ccccc43)ccc2c(=O)c1-c1ccccc1. The zero-order valence-corrected chi connectivity index (χ0v) is 18.5. The van der Waals surface area contributed by atoms with Crippen LogP contribution in [-0.4, -0.2) is 12.5 Å². The van der Waals surface area contributed by atoms with E-state index in [2.05, 4.69) is 17.4 Å². The minimum absolute atomic E-state index is 0.0136. The monoisotopic (exact) mass is 439 g/mol. The third kappa shape index (κ3) is 4.27. The molecular weight excluding hydrogens is 414 g/mol. The van der Waals surface area contributed by atoms with Crippen molar-refractivity contribution in [3.05, 3.63) is 99.9 Å². The first kappa shape index (κ1) is 21.0. The smallest absolute Gasteiger partial charge is 0.258 e. The molecule has 5 heteroatoms. The number of hydrogen-bond acceptors (Lipinski definition) is 4. The number of aryl methyl sites for hydroxylation is 2. The van der Waals surface area contributed by atoms with Crippen LogP contribution in [0.3, 0.4) is 0 Å². The summed E-state index contributed by atoms with van der Waals surface area (Å²) in [6.07, 6.45) is 3.02. The van der Waals surface area contributed by atoms with Crippen molar-refractivity contribution in [2.24, 2.45) is 0 Å². The van der Waals surface area contributed by atoms with Crippen LogP contribution in [0.5, 0.6) is 5.75 Å². The van der Waals surface area contributed by atoms with Crippen molar-refractivity contribution in [3.8, 4) is 16.9 Å². The number of fused-ring (bicyclic) bond motifs is 2. The Morgan fingerprint density at radius 3 is 2.70 bits per heavy atom. The topological polar surface area (TPSA) is 68.5 Å². The van der Waals surface area contributed by atoms with Gasteiger partial charge < -0.3 is 14.5 Å². The number of amides is 1.